The molecule has 0 saturated carbocycles. The van der Waals surface area contributed by atoms with Gasteiger partial charge in [0.15, 0.2) is 0 Å². The number of phenolic OH excluding ortho intramolecular Hbond substituents is 1. The highest BCUT2D eigenvalue weighted by Crippen LogP contribution is 2.27. The van der Waals surface area contributed by atoms with Crippen LogP contribution in [0.2, 0.25) is 5.02 Å². The zero-order valence-electron chi connectivity index (χ0n) is 5.56. The number of hydrogen-bond donors (Lipinski definition) is 2. The Bertz CT molecular complexity index is 358. The summed E-state index contributed by atoms with van der Waals surface area (Å²) in [4.78, 5) is 2.94. The monoisotopic (exact) mass is 166 g/mol. The quantitative estimate of drug-likeness (QED) is 0.619. The van der Waals surface area contributed by atoms with Crippen LogP contribution >= 0.6 is 11.6 Å². The molecule has 0 unspecified atom stereocenters. The maximum atomic E-state index is 9.17. The fraction of sp³-hybridized carbons (Fsp3) is 0. The molecule has 0 fully saturated rings. The molecule has 0 aliphatic heterocycles. The van der Waals surface area contributed by atoms with Gasteiger partial charge in [0.2, 0.25) is 0 Å². The predicted octanol–water partition coefficient (Wildman–Crippen LogP) is 2.33. The maximum Gasteiger partial charge on any atom is 0.134 e. The van der Waals surface area contributed by atoms with E-state index in [1.165, 1.54) is 0 Å². The van der Waals surface area contributed by atoms with E-state index >= 15 is 0 Å². The predicted molar refractivity (Wildman–Crippen MR) is 43.8 cm³/mol. The van der Waals surface area contributed by atoms with Gasteiger partial charge in [-0.2, -0.15) is 0 Å². The number of rotatable bonds is 0. The van der Waals surface area contributed by atoms with Crippen molar-refractivity contribution >= 4 is 22.5 Å². The van der Waals surface area contributed by atoms with Gasteiger partial charge in [-0.3, -0.25) is 0 Å². The molecule has 55 valence electrons. The molecule has 11 heavy (non-hydrogen) atoms. The third-order valence-electron chi connectivity index (χ3n) is 1.54. The van der Waals surface area contributed by atoms with E-state index in [0.29, 0.717) is 5.02 Å². The second kappa shape index (κ2) is 2.17. The number of H-pyrrole nitrogens is 1. The molecule has 0 aliphatic carbocycles. The molecule has 0 atom stereocenters. The van der Waals surface area contributed by atoms with Crippen LogP contribution < -0.4 is 0 Å². The second-order valence-electron chi connectivity index (χ2n) is 2.28. The largest absolute Gasteiger partial charge is 0.506 e. The molecule has 1 aromatic carbocycles. The standard InChI is InChI=1S/C8H5ClNO/c9-6-4-7-5(1-2-10-7)3-8(6)11/h2-4,10-11H. The van der Waals surface area contributed by atoms with Crippen LogP contribution in [-0.2, 0) is 0 Å². The van der Waals surface area contributed by atoms with Gasteiger partial charge in [0, 0.05) is 23.2 Å². The van der Waals surface area contributed by atoms with Crippen molar-refractivity contribution in [3.63, 3.8) is 0 Å². The number of hydrogen-bond acceptors (Lipinski definition) is 1. The van der Waals surface area contributed by atoms with Crippen molar-refractivity contribution in [1.82, 2.24) is 4.98 Å². The lowest BCUT2D eigenvalue weighted by atomic mass is 10.2. The van der Waals surface area contributed by atoms with Gasteiger partial charge < -0.3 is 10.1 Å². The first kappa shape index (κ1) is 6.55. The fourth-order valence-electron chi connectivity index (χ4n) is 0.992. The molecule has 0 spiro atoms. The molecule has 1 heterocycles. The van der Waals surface area contributed by atoms with Crippen molar-refractivity contribution < 1.29 is 5.11 Å². The minimum atomic E-state index is 0.0926. The summed E-state index contributed by atoms with van der Waals surface area (Å²) < 4.78 is 0. The van der Waals surface area contributed by atoms with Crippen molar-refractivity contribution in [2.45, 2.75) is 0 Å². The number of halogens is 1. The Morgan fingerprint density at radius 3 is 3.09 bits per heavy atom. The average molecular weight is 167 g/mol. The molecular weight excluding hydrogens is 162 g/mol. The van der Waals surface area contributed by atoms with Gasteiger partial charge in [0.1, 0.15) is 5.75 Å². The van der Waals surface area contributed by atoms with Crippen molar-refractivity contribution in [2.24, 2.45) is 0 Å². The number of benzene rings is 1. The zero-order valence-corrected chi connectivity index (χ0v) is 6.31. The van der Waals surface area contributed by atoms with E-state index in [4.69, 9.17) is 16.7 Å². The van der Waals surface area contributed by atoms with Gasteiger partial charge in [-0.05, 0) is 12.1 Å². The van der Waals surface area contributed by atoms with Crippen LogP contribution in [0.15, 0.2) is 18.3 Å². The molecule has 3 heteroatoms. The van der Waals surface area contributed by atoms with Crippen molar-refractivity contribution in [1.29, 1.82) is 0 Å². The molecule has 0 saturated heterocycles. The number of aromatic amines is 1. The van der Waals surface area contributed by atoms with Crippen LogP contribution in [0.3, 0.4) is 0 Å². The van der Waals surface area contributed by atoms with Gasteiger partial charge in [-0.15, -0.1) is 0 Å². The van der Waals surface area contributed by atoms with E-state index in [9.17, 15) is 0 Å². The summed E-state index contributed by atoms with van der Waals surface area (Å²) in [7, 11) is 0. The molecule has 0 amide bonds. The molecule has 1 aromatic heterocycles. The first-order valence-electron chi connectivity index (χ1n) is 3.14. The Hall–Kier alpha value is -1.15. The number of phenols is 1. The number of aromatic nitrogens is 1. The van der Waals surface area contributed by atoms with Crippen molar-refractivity contribution in [3.05, 3.63) is 29.4 Å². The van der Waals surface area contributed by atoms with Crippen LogP contribution in [0.1, 0.15) is 0 Å². The van der Waals surface area contributed by atoms with Gasteiger partial charge >= 0.3 is 0 Å². The molecular formula is C8H5ClNO. The Morgan fingerprint density at radius 2 is 2.27 bits per heavy atom. The molecule has 2 nitrogen and oxygen atoms in total. The number of fused-ring (bicyclic) bond motifs is 1. The summed E-state index contributed by atoms with van der Waals surface area (Å²) >= 11 is 5.66. The first-order valence-corrected chi connectivity index (χ1v) is 3.52. The van der Waals surface area contributed by atoms with Gasteiger partial charge in [0.25, 0.3) is 0 Å². The summed E-state index contributed by atoms with van der Waals surface area (Å²) in [5.41, 5.74) is 0.882. The smallest absolute Gasteiger partial charge is 0.134 e. The van der Waals surface area contributed by atoms with Crippen LogP contribution in [-0.4, -0.2) is 10.1 Å². The highest BCUT2D eigenvalue weighted by molar-refractivity contribution is 6.32. The SMILES string of the molecule is Oc1cc2[c]c[nH]c2cc1Cl. The Kier molecular flexibility index (Phi) is 1.29. The highest BCUT2D eigenvalue weighted by atomic mass is 35.5. The lowest BCUT2D eigenvalue weighted by Crippen LogP contribution is -1.69. The molecule has 2 aromatic rings. The maximum absolute atomic E-state index is 9.17. The highest BCUT2D eigenvalue weighted by Gasteiger charge is 2.00. The number of aromatic hydroxyl groups is 1. The van der Waals surface area contributed by atoms with Gasteiger partial charge in [0.05, 0.1) is 5.02 Å². The van der Waals surface area contributed by atoms with Crippen LogP contribution in [0.25, 0.3) is 10.9 Å². The second-order valence-corrected chi connectivity index (χ2v) is 2.69. The van der Waals surface area contributed by atoms with Crippen molar-refractivity contribution in [2.75, 3.05) is 0 Å². The van der Waals surface area contributed by atoms with E-state index < -0.39 is 0 Å². The lowest BCUT2D eigenvalue weighted by molar-refractivity contribution is 0.476. The Balaban J connectivity index is 2.86. The summed E-state index contributed by atoms with van der Waals surface area (Å²) in [6.45, 7) is 0. The van der Waals surface area contributed by atoms with Crippen LogP contribution in [0.4, 0.5) is 0 Å². The molecule has 2 rings (SSSR count). The Labute approximate surface area is 68.4 Å². The average Bonchev–Trinajstić information content (AvgIpc) is 2.36. The summed E-state index contributed by atoms with van der Waals surface area (Å²) in [5, 5.41) is 10.4. The van der Waals surface area contributed by atoms with Crippen LogP contribution in [0.5, 0.6) is 5.75 Å². The fourth-order valence-corrected chi connectivity index (χ4v) is 1.16. The lowest BCUT2D eigenvalue weighted by Gasteiger charge is -1.94. The normalized spacial score (nSPS) is 10.6. The Morgan fingerprint density at radius 1 is 1.45 bits per heavy atom. The molecule has 0 bridgehead atoms. The third kappa shape index (κ3) is 0.955. The van der Waals surface area contributed by atoms with E-state index in [0.717, 1.165) is 10.9 Å². The molecule has 0 aliphatic rings. The minimum Gasteiger partial charge on any atom is -0.506 e. The van der Waals surface area contributed by atoms with E-state index in [-0.39, 0.29) is 5.75 Å². The van der Waals surface area contributed by atoms with Crippen LogP contribution in [0, 0.1) is 6.07 Å². The van der Waals surface area contributed by atoms with E-state index in [1.807, 2.05) is 0 Å². The van der Waals surface area contributed by atoms with Gasteiger partial charge in [-0.1, -0.05) is 11.6 Å². The summed E-state index contributed by atoms with van der Waals surface area (Å²) in [6.07, 6.45) is 1.68. The zero-order chi connectivity index (χ0) is 7.84. The third-order valence-corrected chi connectivity index (χ3v) is 1.85. The molecule has 1 radical (unpaired) electrons. The number of nitrogens with one attached hydrogen (secondary N) is 1. The topological polar surface area (TPSA) is 36.0 Å². The minimum absolute atomic E-state index is 0.0926. The van der Waals surface area contributed by atoms with Crippen molar-refractivity contribution in [3.8, 4) is 5.75 Å². The summed E-state index contributed by atoms with van der Waals surface area (Å²) in [5.74, 6) is 0.0926. The van der Waals surface area contributed by atoms with E-state index in [2.05, 4.69) is 11.1 Å². The van der Waals surface area contributed by atoms with Gasteiger partial charge in [-0.25, -0.2) is 0 Å². The summed E-state index contributed by atoms with van der Waals surface area (Å²) in [6, 6.07) is 6.16. The van der Waals surface area contributed by atoms with E-state index in [1.54, 1.807) is 18.3 Å². The first-order chi connectivity index (χ1) is 5.27. The molecule has 2 N–H and O–H groups in total.